The Balaban J connectivity index is 1.72. The van der Waals surface area contributed by atoms with Gasteiger partial charge in [-0.1, -0.05) is 19.4 Å². The predicted molar refractivity (Wildman–Crippen MR) is 89.4 cm³/mol. The van der Waals surface area contributed by atoms with E-state index in [2.05, 4.69) is 17.1 Å². The zero-order chi connectivity index (χ0) is 15.8. The Kier molecular flexibility index (Phi) is 6.72. The van der Waals surface area contributed by atoms with Gasteiger partial charge in [-0.15, -0.1) is 0 Å². The Morgan fingerprint density at radius 2 is 2.27 bits per heavy atom. The summed E-state index contributed by atoms with van der Waals surface area (Å²) in [5.41, 5.74) is 0.656. The molecule has 0 aliphatic carbocycles. The van der Waals surface area contributed by atoms with Crippen LogP contribution in [0, 0.1) is 0 Å². The molecule has 0 aromatic heterocycles. The van der Waals surface area contributed by atoms with Crippen molar-refractivity contribution in [2.75, 3.05) is 26.7 Å². The fourth-order valence-corrected chi connectivity index (χ4v) is 3.17. The highest BCUT2D eigenvalue weighted by molar-refractivity contribution is 5.94. The van der Waals surface area contributed by atoms with Crippen LogP contribution in [0.1, 0.15) is 49.4 Å². The Labute approximate surface area is 133 Å². The van der Waals surface area contributed by atoms with Crippen LogP contribution >= 0.6 is 0 Å². The average molecular weight is 304 g/mol. The standard InChI is InChI=1S/C18H28N2O2/c1-3-16-9-4-5-12-20(16)13-7-11-19-18(21)15-8-6-10-17(14-15)22-2/h6,8,10,14,16H,3-5,7,9,11-13H2,1-2H3,(H,19,21)/t16-/m1/s1. The molecule has 1 aliphatic rings. The summed E-state index contributed by atoms with van der Waals surface area (Å²) < 4.78 is 5.15. The van der Waals surface area contributed by atoms with Gasteiger partial charge >= 0.3 is 0 Å². The molecule has 1 aliphatic heterocycles. The van der Waals surface area contributed by atoms with Gasteiger partial charge in [0.2, 0.25) is 0 Å². The van der Waals surface area contributed by atoms with Crippen LogP contribution in [0.15, 0.2) is 24.3 Å². The minimum Gasteiger partial charge on any atom is -0.497 e. The molecule has 122 valence electrons. The van der Waals surface area contributed by atoms with Crippen molar-refractivity contribution in [1.29, 1.82) is 0 Å². The van der Waals surface area contributed by atoms with Gasteiger partial charge in [0, 0.05) is 24.7 Å². The van der Waals surface area contributed by atoms with Gasteiger partial charge in [0.25, 0.3) is 5.91 Å². The second-order valence-corrected chi connectivity index (χ2v) is 5.94. The van der Waals surface area contributed by atoms with Crippen molar-refractivity contribution in [3.63, 3.8) is 0 Å². The number of hydrogen-bond donors (Lipinski definition) is 1. The second-order valence-electron chi connectivity index (χ2n) is 5.94. The lowest BCUT2D eigenvalue weighted by Gasteiger charge is -2.35. The highest BCUT2D eigenvalue weighted by Gasteiger charge is 2.19. The van der Waals surface area contributed by atoms with Gasteiger partial charge in [0.15, 0.2) is 0 Å². The fraction of sp³-hybridized carbons (Fsp3) is 0.611. The van der Waals surface area contributed by atoms with Crippen LogP contribution in [-0.2, 0) is 0 Å². The summed E-state index contributed by atoms with van der Waals surface area (Å²) in [5, 5.41) is 3.00. The number of benzene rings is 1. The molecule has 22 heavy (non-hydrogen) atoms. The van der Waals surface area contributed by atoms with Crippen LogP contribution in [-0.4, -0.2) is 43.6 Å². The topological polar surface area (TPSA) is 41.6 Å². The summed E-state index contributed by atoms with van der Waals surface area (Å²) in [6.45, 7) is 5.29. The van der Waals surface area contributed by atoms with Gasteiger partial charge in [-0.2, -0.15) is 0 Å². The monoisotopic (exact) mass is 304 g/mol. The van der Waals surface area contributed by atoms with Crippen molar-refractivity contribution in [1.82, 2.24) is 10.2 Å². The molecular weight excluding hydrogens is 276 g/mol. The zero-order valence-electron chi connectivity index (χ0n) is 13.8. The first-order valence-electron chi connectivity index (χ1n) is 8.41. The molecule has 0 spiro atoms. The molecule has 1 amide bonds. The molecule has 1 atom stereocenters. The molecule has 2 rings (SSSR count). The minimum atomic E-state index is -0.0235. The van der Waals surface area contributed by atoms with Gasteiger partial charge in [-0.25, -0.2) is 0 Å². The Hall–Kier alpha value is -1.55. The number of nitrogens with one attached hydrogen (secondary N) is 1. The van der Waals surface area contributed by atoms with E-state index in [9.17, 15) is 4.79 Å². The van der Waals surface area contributed by atoms with E-state index < -0.39 is 0 Å². The molecule has 0 radical (unpaired) electrons. The first-order chi connectivity index (χ1) is 10.7. The molecule has 1 N–H and O–H groups in total. The summed E-state index contributed by atoms with van der Waals surface area (Å²) in [7, 11) is 1.61. The lowest BCUT2D eigenvalue weighted by atomic mass is 10.00. The maximum atomic E-state index is 12.1. The zero-order valence-corrected chi connectivity index (χ0v) is 13.8. The summed E-state index contributed by atoms with van der Waals surface area (Å²) in [5.74, 6) is 0.691. The average Bonchev–Trinajstić information content (AvgIpc) is 2.58. The molecule has 0 unspecified atom stereocenters. The highest BCUT2D eigenvalue weighted by atomic mass is 16.5. The normalized spacial score (nSPS) is 18.9. The van der Waals surface area contributed by atoms with Gasteiger partial charge in [0.1, 0.15) is 5.75 Å². The third kappa shape index (κ3) is 4.73. The van der Waals surface area contributed by atoms with Crippen LogP contribution in [0.3, 0.4) is 0 Å². The Bertz CT molecular complexity index is 476. The molecular formula is C18H28N2O2. The van der Waals surface area contributed by atoms with Gasteiger partial charge < -0.3 is 15.0 Å². The quantitative estimate of drug-likeness (QED) is 0.787. The van der Waals surface area contributed by atoms with Gasteiger partial charge in [0.05, 0.1) is 7.11 Å². The van der Waals surface area contributed by atoms with E-state index in [1.54, 1.807) is 13.2 Å². The van der Waals surface area contributed by atoms with Crippen molar-refractivity contribution in [2.45, 2.75) is 45.1 Å². The van der Waals surface area contributed by atoms with Crippen LogP contribution in [0.25, 0.3) is 0 Å². The number of carbonyl (C=O) groups excluding carboxylic acids is 1. The van der Waals surface area contributed by atoms with Crippen molar-refractivity contribution in [3.8, 4) is 5.75 Å². The van der Waals surface area contributed by atoms with Crippen molar-refractivity contribution in [2.24, 2.45) is 0 Å². The summed E-state index contributed by atoms with van der Waals surface area (Å²) in [6.07, 6.45) is 6.24. The number of hydrogen-bond acceptors (Lipinski definition) is 3. The number of carbonyl (C=O) groups is 1. The Morgan fingerprint density at radius 1 is 1.41 bits per heavy atom. The molecule has 1 saturated heterocycles. The van der Waals surface area contributed by atoms with Crippen LogP contribution < -0.4 is 10.1 Å². The second kappa shape index (κ2) is 8.79. The molecule has 1 aromatic carbocycles. The van der Waals surface area contributed by atoms with Gasteiger partial charge in [-0.3, -0.25) is 4.79 Å². The molecule has 0 bridgehead atoms. The van der Waals surface area contributed by atoms with E-state index in [1.165, 1.54) is 32.2 Å². The number of piperidine rings is 1. The summed E-state index contributed by atoms with van der Waals surface area (Å²) in [6, 6.07) is 8.01. The summed E-state index contributed by atoms with van der Waals surface area (Å²) >= 11 is 0. The van der Waals surface area contributed by atoms with E-state index in [1.807, 2.05) is 18.2 Å². The highest BCUT2D eigenvalue weighted by Crippen LogP contribution is 2.19. The number of rotatable bonds is 7. The largest absolute Gasteiger partial charge is 0.497 e. The number of amides is 1. The van der Waals surface area contributed by atoms with E-state index in [0.29, 0.717) is 11.3 Å². The third-order valence-corrected chi connectivity index (χ3v) is 4.46. The predicted octanol–water partition coefficient (Wildman–Crippen LogP) is 3.08. The van der Waals surface area contributed by atoms with Crippen LogP contribution in [0.4, 0.5) is 0 Å². The molecule has 1 aromatic rings. The van der Waals surface area contributed by atoms with Crippen molar-refractivity contribution < 1.29 is 9.53 Å². The SMILES string of the molecule is CC[C@@H]1CCCCN1CCCNC(=O)c1cccc(OC)c1. The van der Waals surface area contributed by atoms with Crippen LogP contribution in [0.5, 0.6) is 5.75 Å². The number of nitrogens with zero attached hydrogens (tertiary/aromatic N) is 1. The van der Waals surface area contributed by atoms with E-state index in [4.69, 9.17) is 4.74 Å². The first-order valence-corrected chi connectivity index (χ1v) is 8.41. The number of ether oxygens (including phenoxy) is 1. The smallest absolute Gasteiger partial charge is 0.251 e. The molecule has 4 heteroatoms. The number of methoxy groups -OCH3 is 1. The lowest BCUT2D eigenvalue weighted by Crippen LogP contribution is -2.40. The molecule has 1 fully saturated rings. The molecule has 4 nitrogen and oxygen atoms in total. The maximum absolute atomic E-state index is 12.1. The van der Waals surface area contributed by atoms with Gasteiger partial charge in [-0.05, 0) is 50.4 Å². The molecule has 0 saturated carbocycles. The third-order valence-electron chi connectivity index (χ3n) is 4.46. The summed E-state index contributed by atoms with van der Waals surface area (Å²) in [4.78, 5) is 14.7. The maximum Gasteiger partial charge on any atom is 0.251 e. The van der Waals surface area contributed by atoms with E-state index >= 15 is 0 Å². The fourth-order valence-electron chi connectivity index (χ4n) is 3.17. The molecule has 1 heterocycles. The van der Waals surface area contributed by atoms with Crippen molar-refractivity contribution in [3.05, 3.63) is 29.8 Å². The first kappa shape index (κ1) is 16.8. The van der Waals surface area contributed by atoms with E-state index in [0.717, 1.165) is 25.6 Å². The Morgan fingerprint density at radius 3 is 3.05 bits per heavy atom. The van der Waals surface area contributed by atoms with Crippen LogP contribution in [0.2, 0.25) is 0 Å². The van der Waals surface area contributed by atoms with E-state index in [-0.39, 0.29) is 5.91 Å². The number of likely N-dealkylation sites (tertiary alicyclic amines) is 1. The van der Waals surface area contributed by atoms with Crippen molar-refractivity contribution >= 4 is 5.91 Å². The lowest BCUT2D eigenvalue weighted by molar-refractivity contribution is 0.0947. The minimum absolute atomic E-state index is 0.0235.